The predicted octanol–water partition coefficient (Wildman–Crippen LogP) is 4.02. The molecule has 2 amide bonds. The number of aryl methyl sites for hydroxylation is 1. The van der Waals surface area contributed by atoms with Gasteiger partial charge in [-0.2, -0.15) is 0 Å². The van der Waals surface area contributed by atoms with E-state index in [1.807, 2.05) is 17.0 Å². The lowest BCUT2D eigenvalue weighted by atomic mass is 9.97. The molecule has 3 aromatic heterocycles. The van der Waals surface area contributed by atoms with Crippen molar-refractivity contribution in [3.8, 4) is 11.5 Å². The van der Waals surface area contributed by atoms with Gasteiger partial charge in [-0.1, -0.05) is 0 Å². The minimum absolute atomic E-state index is 0.0178. The van der Waals surface area contributed by atoms with Gasteiger partial charge in [0.2, 0.25) is 0 Å². The van der Waals surface area contributed by atoms with Gasteiger partial charge in [0.05, 0.1) is 17.8 Å². The van der Waals surface area contributed by atoms with Gasteiger partial charge in [0.15, 0.2) is 11.7 Å². The molecule has 0 aliphatic carbocycles. The van der Waals surface area contributed by atoms with Crippen LogP contribution in [-0.4, -0.2) is 63.4 Å². The number of fused-ring (bicyclic) bond motifs is 3. The van der Waals surface area contributed by atoms with E-state index in [2.05, 4.69) is 25.6 Å². The van der Waals surface area contributed by atoms with Crippen LogP contribution in [0.1, 0.15) is 31.6 Å². The molecule has 0 radical (unpaired) electrons. The molecule has 5 heterocycles. The minimum atomic E-state index is -0.769. The lowest BCUT2D eigenvalue weighted by Crippen LogP contribution is -2.54. The number of pyridine rings is 2. The van der Waals surface area contributed by atoms with Crippen LogP contribution in [0.25, 0.3) is 22.4 Å². The number of aromatic nitrogens is 3. The van der Waals surface area contributed by atoms with E-state index in [1.54, 1.807) is 25.4 Å². The first-order valence-electron chi connectivity index (χ1n) is 11.2. The Labute approximate surface area is 189 Å². The quantitative estimate of drug-likeness (QED) is 0.582. The topological polar surface area (TPSA) is 96.2 Å². The van der Waals surface area contributed by atoms with E-state index in [1.165, 1.54) is 0 Å². The second-order valence-electron chi connectivity index (χ2n) is 8.77. The summed E-state index contributed by atoms with van der Waals surface area (Å²) in [7, 11) is 0. The third kappa shape index (κ3) is 4.39. The summed E-state index contributed by atoms with van der Waals surface area (Å²) in [5.74, 6) is 1.56. The van der Waals surface area contributed by atoms with Crippen molar-refractivity contribution >= 4 is 22.8 Å². The summed E-state index contributed by atoms with van der Waals surface area (Å²) in [6.45, 7) is 0.312. The number of alkyl halides is 2. The first kappa shape index (κ1) is 21.7. The molecule has 10 heteroatoms. The maximum atomic E-state index is 13.1. The summed E-state index contributed by atoms with van der Waals surface area (Å²) < 4.78 is 31.4. The average molecular weight is 456 g/mol. The van der Waals surface area contributed by atoms with Crippen LogP contribution >= 0.6 is 0 Å². The number of nitrogens with zero attached hydrogens (tertiary/aromatic N) is 4. The van der Waals surface area contributed by atoms with Crippen molar-refractivity contribution in [2.75, 3.05) is 18.7 Å². The zero-order valence-corrected chi connectivity index (χ0v) is 18.3. The van der Waals surface area contributed by atoms with Crippen LogP contribution in [0.3, 0.4) is 0 Å². The molecule has 5 rings (SSSR count). The van der Waals surface area contributed by atoms with E-state index in [-0.39, 0.29) is 24.2 Å². The molecule has 0 spiro atoms. The number of urea groups is 1. The largest absolute Gasteiger partial charge is 0.439 e. The Balaban J connectivity index is 1.29. The molecule has 8 nitrogen and oxygen atoms in total. The van der Waals surface area contributed by atoms with Crippen LogP contribution in [0.15, 0.2) is 35.0 Å². The minimum Gasteiger partial charge on any atom is -0.439 e. The van der Waals surface area contributed by atoms with Crippen molar-refractivity contribution in [2.24, 2.45) is 0 Å². The Hall–Kier alpha value is -3.14. The number of piperidine rings is 1. The zero-order chi connectivity index (χ0) is 22.9. The Bertz CT molecular complexity index is 1140. The van der Waals surface area contributed by atoms with E-state index in [0.717, 1.165) is 18.2 Å². The number of rotatable bonds is 6. The number of halogens is 2. The first-order chi connectivity index (χ1) is 16.0. The fourth-order valence-electron chi connectivity index (χ4n) is 4.98. The van der Waals surface area contributed by atoms with Gasteiger partial charge in [-0.3, -0.25) is 5.32 Å². The maximum Gasteiger partial charge on any atom is 0.323 e. The molecule has 2 N–H and O–H groups in total. The molecule has 3 aromatic rings. The normalized spacial score (nSPS) is 22.3. The predicted molar refractivity (Wildman–Crippen MR) is 119 cm³/mol. The lowest BCUT2D eigenvalue weighted by molar-refractivity contribution is 0.133. The molecule has 2 saturated heterocycles. The number of carbonyl (C=O) groups excluding carboxylic acids is 1. The number of oxazole rings is 1. The first-order valence-corrected chi connectivity index (χ1v) is 11.2. The van der Waals surface area contributed by atoms with E-state index in [9.17, 15) is 13.6 Å². The number of anilines is 1. The third-order valence-electron chi connectivity index (χ3n) is 6.49. The van der Waals surface area contributed by atoms with E-state index in [4.69, 9.17) is 4.42 Å². The molecule has 3 atom stereocenters. The number of hydrogen-bond donors (Lipinski definition) is 2. The van der Waals surface area contributed by atoms with Gasteiger partial charge in [-0.05, 0) is 37.8 Å². The Morgan fingerprint density at radius 2 is 1.94 bits per heavy atom. The fourth-order valence-corrected chi connectivity index (χ4v) is 4.98. The van der Waals surface area contributed by atoms with E-state index >= 15 is 0 Å². The summed E-state index contributed by atoms with van der Waals surface area (Å²) in [4.78, 5) is 28.1. The molecule has 0 unspecified atom stereocenters. The van der Waals surface area contributed by atoms with E-state index < -0.39 is 19.4 Å². The monoisotopic (exact) mass is 456 g/mol. The molecular formula is C23H26F2N6O2. The molecule has 2 fully saturated rings. The Kier molecular flexibility index (Phi) is 5.92. The highest BCUT2D eigenvalue weighted by molar-refractivity contribution is 5.91. The number of hydrogen-bond acceptors (Lipinski definition) is 6. The average Bonchev–Trinajstić information content (AvgIpc) is 3.37. The molecule has 174 valence electrons. The van der Waals surface area contributed by atoms with Crippen molar-refractivity contribution in [1.82, 2.24) is 25.2 Å². The highest BCUT2D eigenvalue weighted by Gasteiger charge is 2.43. The van der Waals surface area contributed by atoms with Gasteiger partial charge in [0.25, 0.3) is 0 Å². The van der Waals surface area contributed by atoms with Crippen LogP contribution in [0.4, 0.5) is 19.4 Å². The second kappa shape index (κ2) is 9.01. The standard InChI is InChI=1S/C23H26F2N6O2/c1-13-26-12-21(33-13)19-5-2-14-11-27-22(8-20(14)29-19)30-23(32)31-17-3-4-18(31)7-15(6-17)28-16(9-24)10-25/h2,5,8,11-12,15-18,28H,3-4,6-7,9-10H2,1H3,(H,27,30,32)/t15-,17+,18-. The lowest BCUT2D eigenvalue weighted by Gasteiger charge is -2.39. The number of nitrogens with one attached hydrogen (secondary N) is 2. The zero-order valence-electron chi connectivity index (χ0n) is 18.3. The molecular weight excluding hydrogens is 430 g/mol. The molecule has 2 aliphatic rings. The Morgan fingerprint density at radius 1 is 1.18 bits per heavy atom. The highest BCUT2D eigenvalue weighted by atomic mass is 19.1. The van der Waals surface area contributed by atoms with Crippen LogP contribution in [0.2, 0.25) is 0 Å². The number of amides is 2. The molecule has 0 aromatic carbocycles. The van der Waals surface area contributed by atoms with Crippen LogP contribution in [0.5, 0.6) is 0 Å². The van der Waals surface area contributed by atoms with Crippen molar-refractivity contribution < 1.29 is 18.0 Å². The van der Waals surface area contributed by atoms with Gasteiger partial charge in [0.1, 0.15) is 24.9 Å². The summed E-state index contributed by atoms with van der Waals surface area (Å²) >= 11 is 0. The van der Waals surface area contributed by atoms with Gasteiger partial charge >= 0.3 is 6.03 Å². The van der Waals surface area contributed by atoms with Crippen molar-refractivity contribution in [1.29, 1.82) is 0 Å². The van der Waals surface area contributed by atoms with Gasteiger partial charge < -0.3 is 14.6 Å². The summed E-state index contributed by atoms with van der Waals surface area (Å²) in [5.41, 5.74) is 1.33. The Morgan fingerprint density at radius 3 is 2.61 bits per heavy atom. The fraction of sp³-hybridized carbons (Fsp3) is 0.478. The van der Waals surface area contributed by atoms with Crippen LogP contribution < -0.4 is 10.6 Å². The van der Waals surface area contributed by atoms with Crippen molar-refractivity contribution in [2.45, 2.75) is 56.8 Å². The maximum absolute atomic E-state index is 13.1. The highest BCUT2D eigenvalue weighted by Crippen LogP contribution is 2.36. The van der Waals surface area contributed by atoms with Gasteiger partial charge in [-0.15, -0.1) is 0 Å². The number of carbonyl (C=O) groups is 1. The van der Waals surface area contributed by atoms with Crippen molar-refractivity contribution in [3.63, 3.8) is 0 Å². The van der Waals surface area contributed by atoms with Crippen LogP contribution in [-0.2, 0) is 0 Å². The third-order valence-corrected chi connectivity index (χ3v) is 6.49. The molecule has 33 heavy (non-hydrogen) atoms. The second-order valence-corrected chi connectivity index (χ2v) is 8.77. The molecule has 2 aliphatic heterocycles. The summed E-state index contributed by atoms with van der Waals surface area (Å²) in [5, 5.41) is 6.81. The molecule has 0 saturated carbocycles. The van der Waals surface area contributed by atoms with Crippen LogP contribution in [0, 0.1) is 6.92 Å². The van der Waals surface area contributed by atoms with Gasteiger partial charge in [0, 0.05) is 42.7 Å². The SMILES string of the molecule is Cc1ncc(-c2ccc3cnc(NC(=O)N4[C@@H]5CC[C@H]4C[C@@H](NC(CF)CF)C5)cc3n2)o1. The van der Waals surface area contributed by atoms with E-state index in [0.29, 0.717) is 41.5 Å². The summed E-state index contributed by atoms with van der Waals surface area (Å²) in [6, 6.07) is 4.61. The summed E-state index contributed by atoms with van der Waals surface area (Å²) in [6.07, 6.45) is 6.45. The van der Waals surface area contributed by atoms with Crippen molar-refractivity contribution in [3.05, 3.63) is 36.5 Å². The smallest absolute Gasteiger partial charge is 0.323 e. The van der Waals surface area contributed by atoms with Gasteiger partial charge in [-0.25, -0.2) is 28.5 Å². The molecule has 2 bridgehead atoms.